The van der Waals surface area contributed by atoms with Crippen LogP contribution in [0.15, 0.2) is 47.5 Å². The maximum absolute atomic E-state index is 13.2. The summed E-state index contributed by atoms with van der Waals surface area (Å²) in [5.41, 5.74) is 1.14. The second kappa shape index (κ2) is 8.11. The first-order valence-corrected chi connectivity index (χ1v) is 11.1. The number of fused-ring (bicyclic) bond motifs is 2. The Morgan fingerprint density at radius 1 is 0.938 bits per heavy atom. The topological polar surface area (TPSA) is 62.5 Å². The van der Waals surface area contributed by atoms with Gasteiger partial charge in [0.05, 0.1) is 0 Å². The van der Waals surface area contributed by atoms with Crippen LogP contribution in [0.3, 0.4) is 0 Å². The first kappa shape index (κ1) is 20.8. The van der Waals surface area contributed by atoms with E-state index >= 15 is 0 Å². The van der Waals surface area contributed by atoms with Gasteiger partial charge in [0, 0.05) is 45.8 Å². The van der Waals surface area contributed by atoms with Crippen LogP contribution in [0.4, 0.5) is 4.79 Å². The number of piperazine rings is 1. The summed E-state index contributed by atoms with van der Waals surface area (Å²) in [5.74, 6) is 1.16. The Morgan fingerprint density at radius 3 is 2.44 bits per heavy atom. The standard InChI is InChI=1S/C24H29N6O2/c1-26-11-13-29(14-12-26)16-20-25-22-21(23(31)28(3)24(32)27(22)2)30(20)15-18-9-6-8-17-7-4-5-10-19(17)18/h4-10,21H,11-16H2,1-3H3/q+1. The van der Waals surface area contributed by atoms with Crippen LogP contribution in [0.2, 0.25) is 0 Å². The summed E-state index contributed by atoms with van der Waals surface area (Å²) in [6.45, 7) is 5.16. The first-order valence-electron chi connectivity index (χ1n) is 11.1. The second-order valence-electron chi connectivity index (χ2n) is 8.87. The number of rotatable bonds is 4. The number of imide groups is 1. The van der Waals surface area contributed by atoms with Crippen LogP contribution in [0.5, 0.6) is 0 Å². The number of likely N-dealkylation sites (N-methyl/N-ethyl adjacent to an activating group) is 3. The molecule has 3 amide bonds. The minimum Gasteiger partial charge on any atom is -0.304 e. The molecule has 2 saturated heterocycles. The van der Waals surface area contributed by atoms with Crippen molar-refractivity contribution < 1.29 is 14.2 Å². The van der Waals surface area contributed by atoms with Crippen LogP contribution in [0, 0.1) is 0 Å². The highest BCUT2D eigenvalue weighted by atomic mass is 16.2. The van der Waals surface area contributed by atoms with Gasteiger partial charge in [-0.15, -0.1) is 0 Å². The molecule has 5 rings (SSSR count). The monoisotopic (exact) mass is 433 g/mol. The van der Waals surface area contributed by atoms with Crippen molar-refractivity contribution in [3.8, 4) is 0 Å². The molecule has 0 aliphatic carbocycles. The minimum absolute atomic E-state index is 0.222. The molecule has 0 aromatic heterocycles. The largest absolute Gasteiger partial charge is 0.333 e. The summed E-state index contributed by atoms with van der Waals surface area (Å²) >= 11 is 0. The highest BCUT2D eigenvalue weighted by Crippen LogP contribution is 2.24. The van der Waals surface area contributed by atoms with Crippen LogP contribution in [-0.4, -0.2) is 108 Å². The molecule has 3 aliphatic heterocycles. The van der Waals surface area contributed by atoms with E-state index in [1.807, 2.05) is 12.1 Å². The van der Waals surface area contributed by atoms with E-state index in [0.29, 0.717) is 18.9 Å². The average Bonchev–Trinajstić information content (AvgIpc) is 3.16. The molecule has 2 aromatic rings. The lowest BCUT2D eigenvalue weighted by Gasteiger charge is -2.31. The number of carbonyl (C=O) groups is 2. The summed E-state index contributed by atoms with van der Waals surface area (Å²) < 4.78 is 2.09. The lowest BCUT2D eigenvalue weighted by molar-refractivity contribution is -0.551. The zero-order chi connectivity index (χ0) is 22.4. The van der Waals surface area contributed by atoms with E-state index in [-0.39, 0.29) is 11.9 Å². The normalized spacial score (nSPS) is 22.7. The SMILES string of the molecule is CN1CCN(CC2=[N+](Cc3cccc4ccccc34)C3C(=O)N(C)C(=O)N(C)C3=N2)CC1. The van der Waals surface area contributed by atoms with Crippen LogP contribution in [-0.2, 0) is 11.3 Å². The van der Waals surface area contributed by atoms with E-state index in [9.17, 15) is 9.59 Å². The van der Waals surface area contributed by atoms with Gasteiger partial charge in [-0.1, -0.05) is 42.5 Å². The molecular weight excluding hydrogens is 404 g/mol. The lowest BCUT2D eigenvalue weighted by Crippen LogP contribution is -2.61. The lowest BCUT2D eigenvalue weighted by atomic mass is 10.0. The molecule has 8 heteroatoms. The zero-order valence-electron chi connectivity index (χ0n) is 18.9. The molecule has 0 bridgehead atoms. The van der Waals surface area contributed by atoms with E-state index in [0.717, 1.165) is 37.6 Å². The minimum atomic E-state index is -0.580. The van der Waals surface area contributed by atoms with Crippen LogP contribution < -0.4 is 0 Å². The third-order valence-electron chi connectivity index (χ3n) is 6.79. The second-order valence-corrected chi connectivity index (χ2v) is 8.87. The van der Waals surface area contributed by atoms with Gasteiger partial charge in [-0.05, 0) is 22.8 Å². The fraction of sp³-hybridized carbons (Fsp3) is 0.417. The molecule has 2 fully saturated rings. The van der Waals surface area contributed by atoms with Gasteiger partial charge in [0.2, 0.25) is 0 Å². The summed E-state index contributed by atoms with van der Waals surface area (Å²) in [4.78, 5) is 38.1. The number of amides is 3. The molecule has 8 nitrogen and oxygen atoms in total. The fourth-order valence-electron chi connectivity index (χ4n) is 4.78. The number of benzene rings is 2. The number of urea groups is 1. The van der Waals surface area contributed by atoms with Crippen molar-refractivity contribution in [1.29, 1.82) is 0 Å². The molecular formula is C24H29N6O2+. The Kier molecular flexibility index (Phi) is 5.27. The van der Waals surface area contributed by atoms with Crippen molar-refractivity contribution in [3.63, 3.8) is 0 Å². The van der Waals surface area contributed by atoms with Gasteiger partial charge in [-0.25, -0.2) is 9.37 Å². The zero-order valence-corrected chi connectivity index (χ0v) is 18.9. The summed E-state index contributed by atoms with van der Waals surface area (Å²) in [7, 11) is 5.38. The number of hydrogen-bond acceptors (Lipinski definition) is 5. The average molecular weight is 434 g/mol. The predicted molar refractivity (Wildman–Crippen MR) is 124 cm³/mol. The van der Waals surface area contributed by atoms with Crippen molar-refractivity contribution in [1.82, 2.24) is 19.6 Å². The summed E-state index contributed by atoms with van der Waals surface area (Å²) in [6.07, 6.45) is 0. The van der Waals surface area contributed by atoms with Gasteiger partial charge in [0.1, 0.15) is 13.1 Å². The third-order valence-corrected chi connectivity index (χ3v) is 6.79. The van der Waals surface area contributed by atoms with Crippen molar-refractivity contribution in [2.45, 2.75) is 12.6 Å². The first-order chi connectivity index (χ1) is 15.4. The van der Waals surface area contributed by atoms with Gasteiger partial charge in [0.15, 0.2) is 0 Å². The van der Waals surface area contributed by atoms with Crippen LogP contribution >= 0.6 is 0 Å². The highest BCUT2D eigenvalue weighted by Gasteiger charge is 2.53. The molecule has 0 spiro atoms. The number of amidine groups is 2. The predicted octanol–water partition coefficient (Wildman–Crippen LogP) is 1.30. The molecule has 0 radical (unpaired) electrons. The van der Waals surface area contributed by atoms with Crippen molar-refractivity contribution in [2.75, 3.05) is 53.9 Å². The van der Waals surface area contributed by atoms with Crippen LogP contribution in [0.1, 0.15) is 5.56 Å². The summed E-state index contributed by atoms with van der Waals surface area (Å²) in [5, 5.41) is 2.34. The van der Waals surface area contributed by atoms with Crippen LogP contribution in [0.25, 0.3) is 10.8 Å². The molecule has 3 heterocycles. The number of hydrogen-bond donors (Lipinski definition) is 0. The fourth-order valence-corrected chi connectivity index (χ4v) is 4.78. The quantitative estimate of drug-likeness (QED) is 0.682. The van der Waals surface area contributed by atoms with E-state index in [2.05, 4.69) is 51.8 Å². The maximum atomic E-state index is 13.2. The van der Waals surface area contributed by atoms with E-state index in [4.69, 9.17) is 4.99 Å². The molecule has 1 unspecified atom stereocenters. The van der Waals surface area contributed by atoms with Gasteiger partial charge in [-0.3, -0.25) is 19.5 Å². The Balaban J connectivity index is 1.55. The highest BCUT2D eigenvalue weighted by molar-refractivity contribution is 6.23. The number of aliphatic imine (C=N–C) groups is 1. The smallest absolute Gasteiger partial charge is 0.304 e. The molecule has 2 aromatic carbocycles. The van der Waals surface area contributed by atoms with E-state index in [1.165, 1.54) is 20.6 Å². The van der Waals surface area contributed by atoms with E-state index in [1.54, 1.807) is 14.1 Å². The van der Waals surface area contributed by atoms with Crippen molar-refractivity contribution >= 4 is 34.4 Å². The number of nitrogens with zero attached hydrogens (tertiary/aromatic N) is 6. The van der Waals surface area contributed by atoms with Gasteiger partial charge < -0.3 is 4.90 Å². The Labute approximate surface area is 188 Å². The van der Waals surface area contributed by atoms with Gasteiger partial charge in [0.25, 0.3) is 17.8 Å². The molecule has 32 heavy (non-hydrogen) atoms. The van der Waals surface area contributed by atoms with Gasteiger partial charge >= 0.3 is 11.9 Å². The molecule has 1 atom stereocenters. The maximum Gasteiger partial charge on any atom is 0.333 e. The third kappa shape index (κ3) is 3.49. The van der Waals surface area contributed by atoms with E-state index < -0.39 is 6.04 Å². The molecule has 3 aliphatic rings. The Bertz CT molecular complexity index is 1140. The summed E-state index contributed by atoms with van der Waals surface area (Å²) in [6, 6.07) is 13.6. The van der Waals surface area contributed by atoms with Crippen molar-refractivity contribution in [2.24, 2.45) is 4.99 Å². The molecule has 0 saturated carbocycles. The van der Waals surface area contributed by atoms with Gasteiger partial charge in [-0.2, -0.15) is 0 Å². The molecule has 166 valence electrons. The number of carbonyl (C=O) groups excluding carboxylic acids is 2. The van der Waals surface area contributed by atoms with Crippen molar-refractivity contribution in [3.05, 3.63) is 48.0 Å². The Hall–Kier alpha value is -3.10. The Morgan fingerprint density at radius 2 is 1.66 bits per heavy atom. The molecule has 0 N–H and O–H groups in total.